The largest absolute Gasteiger partial charge is 0.503 e. The van der Waals surface area contributed by atoms with E-state index in [1.165, 1.54) is 0 Å². The van der Waals surface area contributed by atoms with Gasteiger partial charge >= 0.3 is 6.16 Å². The highest BCUT2D eigenvalue weighted by Crippen LogP contribution is 2.30. The Morgan fingerprint density at radius 1 is 0.773 bits per heavy atom. The summed E-state index contributed by atoms with van der Waals surface area (Å²) < 4.78 is 0. The molecule has 2 aromatic carbocycles. The first-order chi connectivity index (χ1) is 10.7. The molecule has 0 atom stereocenters. The van der Waals surface area contributed by atoms with E-state index < -0.39 is 6.16 Å². The van der Waals surface area contributed by atoms with Gasteiger partial charge in [-0.2, -0.15) is 5.10 Å². The van der Waals surface area contributed by atoms with Crippen LogP contribution in [-0.4, -0.2) is 47.2 Å². The lowest BCUT2D eigenvalue weighted by atomic mass is 10.0. The van der Waals surface area contributed by atoms with Crippen molar-refractivity contribution in [3.05, 3.63) is 36.5 Å². The molecule has 0 amide bonds. The van der Waals surface area contributed by atoms with Crippen molar-refractivity contribution in [2.24, 2.45) is 0 Å². The molecule has 9 heteroatoms. The van der Waals surface area contributed by atoms with Crippen molar-refractivity contribution >= 4 is 38.9 Å². The van der Waals surface area contributed by atoms with E-state index in [0.29, 0.717) is 16.6 Å². The molecule has 0 bridgehead atoms. The minimum atomic E-state index is -1.83. The van der Waals surface area contributed by atoms with Gasteiger partial charge in [0.15, 0.2) is 0 Å². The van der Waals surface area contributed by atoms with Gasteiger partial charge in [-0.15, -0.1) is 15.3 Å². The molecule has 0 aliphatic carbocycles. The van der Waals surface area contributed by atoms with Crippen molar-refractivity contribution < 1.29 is 15.0 Å². The van der Waals surface area contributed by atoms with Crippen LogP contribution >= 0.6 is 0 Å². The molecular weight excluding hydrogens is 288 g/mol. The molecule has 22 heavy (non-hydrogen) atoms. The van der Waals surface area contributed by atoms with Gasteiger partial charge < -0.3 is 10.2 Å². The SMILES string of the molecule is O=C(O)O.c1ccc2c(c1)c1ccnnc1c1nnnnc21. The average Bonchev–Trinajstić information content (AvgIpc) is 2.55. The van der Waals surface area contributed by atoms with Crippen LogP contribution in [0, 0.1) is 0 Å². The van der Waals surface area contributed by atoms with E-state index in [0.717, 1.165) is 16.2 Å². The molecular formula is C13H8N6O3. The number of benzene rings is 2. The molecule has 108 valence electrons. The summed E-state index contributed by atoms with van der Waals surface area (Å²) >= 11 is 0. The van der Waals surface area contributed by atoms with Gasteiger partial charge in [0.05, 0.1) is 6.20 Å². The fourth-order valence-electron chi connectivity index (χ4n) is 2.21. The van der Waals surface area contributed by atoms with Gasteiger partial charge in [0.25, 0.3) is 0 Å². The first-order valence-corrected chi connectivity index (χ1v) is 6.08. The van der Waals surface area contributed by atoms with Gasteiger partial charge in [0.2, 0.25) is 0 Å². The number of fused-ring (bicyclic) bond motifs is 6. The molecule has 2 aromatic heterocycles. The maximum atomic E-state index is 8.56. The minimum absolute atomic E-state index is 0.631. The lowest BCUT2D eigenvalue weighted by Crippen LogP contribution is -1.96. The normalized spacial score (nSPS) is 10.4. The molecule has 0 unspecified atom stereocenters. The Kier molecular flexibility index (Phi) is 3.36. The van der Waals surface area contributed by atoms with Crippen LogP contribution in [0.5, 0.6) is 0 Å². The van der Waals surface area contributed by atoms with Crippen LogP contribution in [0.25, 0.3) is 32.7 Å². The Balaban J connectivity index is 0.000000325. The highest BCUT2D eigenvalue weighted by molar-refractivity contribution is 6.21. The van der Waals surface area contributed by atoms with Crippen molar-refractivity contribution in [2.45, 2.75) is 0 Å². The number of aromatic nitrogens is 6. The van der Waals surface area contributed by atoms with E-state index in [4.69, 9.17) is 15.0 Å². The first-order valence-electron chi connectivity index (χ1n) is 6.08. The van der Waals surface area contributed by atoms with Gasteiger partial charge in [0.1, 0.15) is 16.6 Å². The predicted molar refractivity (Wildman–Crippen MR) is 76.4 cm³/mol. The molecule has 0 saturated carbocycles. The Morgan fingerprint density at radius 2 is 1.32 bits per heavy atom. The van der Waals surface area contributed by atoms with Crippen molar-refractivity contribution in [1.29, 1.82) is 0 Å². The number of nitrogens with zero attached hydrogens (tertiary/aromatic N) is 6. The molecule has 4 rings (SSSR count). The summed E-state index contributed by atoms with van der Waals surface area (Å²) in [6, 6.07) is 9.89. The number of hydrogen-bond acceptors (Lipinski definition) is 7. The van der Waals surface area contributed by atoms with Crippen LogP contribution < -0.4 is 0 Å². The van der Waals surface area contributed by atoms with Crippen molar-refractivity contribution in [3.8, 4) is 0 Å². The molecule has 0 spiro atoms. The van der Waals surface area contributed by atoms with Crippen LogP contribution in [0.4, 0.5) is 4.79 Å². The van der Waals surface area contributed by atoms with Crippen LogP contribution in [0.3, 0.4) is 0 Å². The zero-order chi connectivity index (χ0) is 15.5. The lowest BCUT2D eigenvalue weighted by molar-refractivity contribution is 0.137. The second kappa shape index (κ2) is 5.48. The van der Waals surface area contributed by atoms with Crippen LogP contribution in [0.15, 0.2) is 36.5 Å². The van der Waals surface area contributed by atoms with Gasteiger partial charge in [-0.3, -0.25) is 0 Å². The van der Waals surface area contributed by atoms with Gasteiger partial charge in [-0.25, -0.2) is 4.79 Å². The van der Waals surface area contributed by atoms with Gasteiger partial charge in [-0.05, 0) is 21.9 Å². The van der Waals surface area contributed by atoms with E-state index in [2.05, 4.69) is 30.8 Å². The summed E-state index contributed by atoms with van der Waals surface area (Å²) in [6.07, 6.45) is -0.164. The second-order valence-corrected chi connectivity index (χ2v) is 4.20. The summed E-state index contributed by atoms with van der Waals surface area (Å²) in [5.41, 5.74) is 2.04. The van der Waals surface area contributed by atoms with Gasteiger partial charge in [0, 0.05) is 10.8 Å². The number of carbonyl (C=O) groups is 1. The van der Waals surface area contributed by atoms with Crippen molar-refractivity contribution in [2.75, 3.05) is 0 Å². The molecule has 0 aliphatic rings. The molecule has 0 fully saturated rings. The monoisotopic (exact) mass is 296 g/mol. The standard InChI is InChI=1S/C12H6N6.CH2O3/c1-2-4-8-7(3-1)9-5-6-13-14-10(9)12-11(8)15-17-18-16-12;2-1(3)4/h1-6H;(H2,2,3,4). The maximum absolute atomic E-state index is 8.56. The summed E-state index contributed by atoms with van der Waals surface area (Å²) in [6.45, 7) is 0. The molecule has 4 aromatic rings. The van der Waals surface area contributed by atoms with Gasteiger partial charge in [-0.1, -0.05) is 24.3 Å². The summed E-state index contributed by atoms with van der Waals surface area (Å²) in [4.78, 5) is 8.56. The zero-order valence-corrected chi connectivity index (χ0v) is 11.0. The Hall–Kier alpha value is -3.49. The van der Waals surface area contributed by atoms with Crippen molar-refractivity contribution in [1.82, 2.24) is 30.8 Å². The Labute approximate surface area is 122 Å². The molecule has 2 heterocycles. The van der Waals surface area contributed by atoms with E-state index in [9.17, 15) is 0 Å². The molecule has 0 radical (unpaired) electrons. The summed E-state index contributed by atoms with van der Waals surface area (Å²) in [7, 11) is 0. The van der Waals surface area contributed by atoms with E-state index in [-0.39, 0.29) is 0 Å². The highest BCUT2D eigenvalue weighted by atomic mass is 16.6. The smallest absolute Gasteiger partial charge is 0.450 e. The molecule has 0 saturated heterocycles. The fourth-order valence-corrected chi connectivity index (χ4v) is 2.21. The van der Waals surface area contributed by atoms with E-state index >= 15 is 0 Å². The highest BCUT2D eigenvalue weighted by Gasteiger charge is 2.11. The third-order valence-electron chi connectivity index (χ3n) is 2.97. The van der Waals surface area contributed by atoms with Crippen molar-refractivity contribution in [3.63, 3.8) is 0 Å². The zero-order valence-electron chi connectivity index (χ0n) is 11.0. The third kappa shape index (κ3) is 2.30. The molecule has 2 N–H and O–H groups in total. The Morgan fingerprint density at radius 3 is 2.05 bits per heavy atom. The number of rotatable bonds is 0. The maximum Gasteiger partial charge on any atom is 0.503 e. The molecule has 9 nitrogen and oxygen atoms in total. The third-order valence-corrected chi connectivity index (χ3v) is 2.97. The van der Waals surface area contributed by atoms with Crippen LogP contribution in [0.1, 0.15) is 0 Å². The summed E-state index contributed by atoms with van der Waals surface area (Å²) in [5.74, 6) is 0. The first kappa shape index (κ1) is 13.5. The fraction of sp³-hybridized carbons (Fsp3) is 0. The quantitative estimate of drug-likeness (QED) is 0.465. The lowest BCUT2D eigenvalue weighted by Gasteiger charge is -2.04. The minimum Gasteiger partial charge on any atom is -0.450 e. The average molecular weight is 296 g/mol. The Bertz CT molecular complexity index is 766. The number of carboxylic acid groups (broad SMARTS) is 2. The molecule has 0 aliphatic heterocycles. The predicted octanol–water partition coefficient (Wildman–Crippen LogP) is 1.74. The van der Waals surface area contributed by atoms with E-state index in [1.54, 1.807) is 6.20 Å². The topological polar surface area (TPSA) is 135 Å². The number of hydrogen-bond donors (Lipinski definition) is 2. The van der Waals surface area contributed by atoms with Crippen LogP contribution in [-0.2, 0) is 0 Å². The summed E-state index contributed by atoms with van der Waals surface area (Å²) in [5, 5.41) is 40.3. The van der Waals surface area contributed by atoms with Crippen LogP contribution in [0.2, 0.25) is 0 Å². The van der Waals surface area contributed by atoms with E-state index in [1.807, 2.05) is 30.3 Å². The second-order valence-electron chi connectivity index (χ2n) is 4.20.